The van der Waals surface area contributed by atoms with Crippen LogP contribution in [0.5, 0.6) is 0 Å². The van der Waals surface area contributed by atoms with Gasteiger partial charge in [0.05, 0.1) is 10.8 Å². The zero-order valence-corrected chi connectivity index (χ0v) is 24.2. The lowest BCUT2D eigenvalue weighted by molar-refractivity contribution is -0.384. The lowest BCUT2D eigenvalue weighted by Crippen LogP contribution is -2.45. The average molecular weight is 599 g/mol. The molecule has 1 amide bonds. The zero-order valence-electron chi connectivity index (χ0n) is 24.2. The number of hydrogen-bond donors (Lipinski definition) is 1. The molecule has 224 valence electrons. The third-order valence-electron chi connectivity index (χ3n) is 7.38. The molecular weight excluding hydrogens is 568 g/mol. The van der Waals surface area contributed by atoms with E-state index < -0.39 is 41.1 Å². The van der Waals surface area contributed by atoms with Crippen molar-refractivity contribution in [3.8, 4) is 11.1 Å². The lowest BCUT2D eigenvalue weighted by atomic mass is 9.90. The predicted octanol–water partition coefficient (Wildman–Crippen LogP) is 6.55. The Bertz CT molecular complexity index is 1720. The van der Waals surface area contributed by atoms with Crippen LogP contribution in [0.1, 0.15) is 33.0 Å². The highest BCUT2D eigenvalue weighted by Gasteiger charge is 2.29. The first-order valence-corrected chi connectivity index (χ1v) is 14.4. The predicted molar refractivity (Wildman–Crippen MR) is 171 cm³/mol. The molecule has 0 saturated heterocycles. The molecular formula is C37H30N2O6. The number of amides is 1. The third-order valence-corrected chi connectivity index (χ3v) is 7.38. The van der Waals surface area contributed by atoms with Crippen molar-refractivity contribution in [1.82, 2.24) is 5.32 Å². The van der Waals surface area contributed by atoms with Crippen LogP contribution in [0.2, 0.25) is 0 Å². The molecule has 0 aromatic heterocycles. The summed E-state index contributed by atoms with van der Waals surface area (Å²) < 4.78 is 5.45. The van der Waals surface area contributed by atoms with Gasteiger partial charge in [0.2, 0.25) is 5.91 Å². The Morgan fingerprint density at radius 2 is 1.18 bits per heavy atom. The second-order valence-electron chi connectivity index (χ2n) is 10.4. The Morgan fingerprint density at radius 3 is 1.71 bits per heavy atom. The van der Waals surface area contributed by atoms with Gasteiger partial charge >= 0.3 is 5.97 Å². The number of esters is 1. The summed E-state index contributed by atoms with van der Waals surface area (Å²) in [6, 6.07) is 39.7. The number of nitro groups is 1. The molecule has 0 unspecified atom stereocenters. The Morgan fingerprint density at radius 1 is 0.667 bits per heavy atom. The minimum Gasteiger partial charge on any atom is -0.456 e. The van der Waals surface area contributed by atoms with Crippen LogP contribution in [0.25, 0.3) is 11.1 Å². The standard InChI is InChI=1S/C37H30N2O6/c40-34(29-20-18-28(19-21-29)27-10-4-1-5-11-27)25-45-37(42)33(24-26-16-22-32(23-17-26)39(43)44)38-36(41)35(30-12-6-2-7-13-30)31-14-8-3-9-15-31/h1-23,33,35H,24-25H2,(H,38,41)/t33-/m0/s1. The number of ketones is 1. The van der Waals surface area contributed by atoms with Crippen LogP contribution in [0, 0.1) is 10.1 Å². The van der Waals surface area contributed by atoms with Gasteiger partial charge in [0.15, 0.2) is 12.4 Å². The van der Waals surface area contributed by atoms with Gasteiger partial charge in [0.25, 0.3) is 5.69 Å². The quantitative estimate of drug-likeness (QED) is 0.0754. The zero-order chi connectivity index (χ0) is 31.6. The van der Waals surface area contributed by atoms with E-state index in [9.17, 15) is 24.5 Å². The lowest BCUT2D eigenvalue weighted by Gasteiger charge is -2.23. The third kappa shape index (κ3) is 7.94. The van der Waals surface area contributed by atoms with Crippen LogP contribution < -0.4 is 5.32 Å². The number of rotatable bonds is 12. The van der Waals surface area contributed by atoms with Crippen molar-refractivity contribution in [3.63, 3.8) is 0 Å². The second kappa shape index (κ2) is 14.5. The Hall–Kier alpha value is -5.89. The molecule has 1 atom stereocenters. The number of nitrogens with zero attached hydrogens (tertiary/aromatic N) is 1. The van der Waals surface area contributed by atoms with Crippen LogP contribution in [0.3, 0.4) is 0 Å². The van der Waals surface area contributed by atoms with Crippen LogP contribution in [0.4, 0.5) is 5.69 Å². The van der Waals surface area contributed by atoms with Crippen molar-refractivity contribution in [1.29, 1.82) is 0 Å². The molecule has 45 heavy (non-hydrogen) atoms. The largest absolute Gasteiger partial charge is 0.456 e. The van der Waals surface area contributed by atoms with E-state index in [-0.39, 0.29) is 12.1 Å². The highest BCUT2D eigenvalue weighted by atomic mass is 16.6. The maximum atomic E-state index is 13.8. The van der Waals surface area contributed by atoms with Crippen molar-refractivity contribution < 1.29 is 24.0 Å². The number of nitrogens with one attached hydrogen (secondary N) is 1. The van der Waals surface area contributed by atoms with E-state index in [0.29, 0.717) is 11.1 Å². The van der Waals surface area contributed by atoms with E-state index in [2.05, 4.69) is 5.32 Å². The smallest absolute Gasteiger partial charge is 0.329 e. The molecule has 8 nitrogen and oxygen atoms in total. The maximum Gasteiger partial charge on any atom is 0.329 e. The fourth-order valence-electron chi connectivity index (χ4n) is 5.02. The molecule has 5 aromatic carbocycles. The van der Waals surface area contributed by atoms with Crippen molar-refractivity contribution in [2.75, 3.05) is 6.61 Å². The summed E-state index contributed by atoms with van der Waals surface area (Å²) >= 11 is 0. The van der Waals surface area contributed by atoms with Gasteiger partial charge in [-0.1, -0.05) is 127 Å². The summed E-state index contributed by atoms with van der Waals surface area (Å²) in [4.78, 5) is 50.8. The molecule has 0 aliphatic carbocycles. The van der Waals surface area contributed by atoms with Gasteiger partial charge in [-0.2, -0.15) is 0 Å². The number of non-ortho nitro benzene ring substituents is 1. The van der Waals surface area contributed by atoms with Crippen molar-refractivity contribution >= 4 is 23.3 Å². The van der Waals surface area contributed by atoms with Gasteiger partial charge < -0.3 is 10.1 Å². The fourth-order valence-corrected chi connectivity index (χ4v) is 5.02. The SMILES string of the molecule is O=C(COC(=O)[C@H](Cc1ccc([N+](=O)[O-])cc1)NC(=O)C(c1ccccc1)c1ccccc1)c1ccc(-c2ccccc2)cc1. The summed E-state index contributed by atoms with van der Waals surface area (Å²) in [6.07, 6.45) is -0.00116. The number of ether oxygens (including phenoxy) is 1. The first kappa shape index (κ1) is 30.6. The highest BCUT2D eigenvalue weighted by Crippen LogP contribution is 2.25. The van der Waals surface area contributed by atoms with E-state index in [1.54, 1.807) is 12.1 Å². The molecule has 0 spiro atoms. The van der Waals surface area contributed by atoms with Gasteiger partial charge in [-0.05, 0) is 27.8 Å². The van der Waals surface area contributed by atoms with Gasteiger partial charge in [0, 0.05) is 24.1 Å². The monoisotopic (exact) mass is 598 g/mol. The average Bonchev–Trinajstić information content (AvgIpc) is 3.08. The van der Waals surface area contributed by atoms with E-state index >= 15 is 0 Å². The normalized spacial score (nSPS) is 11.4. The molecule has 0 saturated carbocycles. The summed E-state index contributed by atoms with van der Waals surface area (Å²) in [5.41, 5.74) is 4.28. The number of Topliss-reactive ketones (excluding diaryl/α,β-unsaturated/α-hetero) is 1. The summed E-state index contributed by atoms with van der Waals surface area (Å²) in [5.74, 6) is -2.34. The number of carbonyl (C=O) groups is 3. The number of carbonyl (C=O) groups excluding carboxylic acids is 3. The summed E-state index contributed by atoms with van der Waals surface area (Å²) in [7, 11) is 0. The molecule has 5 aromatic rings. The molecule has 8 heteroatoms. The highest BCUT2D eigenvalue weighted by molar-refractivity contribution is 5.99. The Balaban J connectivity index is 1.34. The van der Waals surface area contributed by atoms with Crippen LogP contribution in [0.15, 0.2) is 140 Å². The molecule has 5 rings (SSSR count). The van der Waals surface area contributed by atoms with Crippen molar-refractivity contribution in [2.24, 2.45) is 0 Å². The second-order valence-corrected chi connectivity index (χ2v) is 10.4. The van der Waals surface area contributed by atoms with Gasteiger partial charge in [0.1, 0.15) is 6.04 Å². The minimum absolute atomic E-state index is 0.00116. The van der Waals surface area contributed by atoms with E-state index in [4.69, 9.17) is 4.74 Å². The minimum atomic E-state index is -1.16. The van der Waals surface area contributed by atoms with Gasteiger partial charge in [-0.25, -0.2) is 4.79 Å². The fraction of sp³-hybridized carbons (Fsp3) is 0.108. The van der Waals surface area contributed by atoms with Crippen LogP contribution >= 0.6 is 0 Å². The van der Waals surface area contributed by atoms with Gasteiger partial charge in [-0.3, -0.25) is 19.7 Å². The van der Waals surface area contributed by atoms with E-state index in [0.717, 1.165) is 22.3 Å². The summed E-state index contributed by atoms with van der Waals surface area (Å²) in [6.45, 7) is -0.517. The van der Waals surface area contributed by atoms with Crippen molar-refractivity contribution in [3.05, 3.63) is 172 Å². The molecule has 0 radical (unpaired) electrons. The Labute approximate surface area is 260 Å². The number of hydrogen-bond acceptors (Lipinski definition) is 6. The first-order valence-electron chi connectivity index (χ1n) is 14.4. The molecule has 1 N–H and O–H groups in total. The van der Waals surface area contributed by atoms with Gasteiger partial charge in [-0.15, -0.1) is 0 Å². The van der Waals surface area contributed by atoms with Crippen LogP contribution in [-0.4, -0.2) is 35.2 Å². The van der Waals surface area contributed by atoms with E-state index in [1.165, 1.54) is 24.3 Å². The van der Waals surface area contributed by atoms with E-state index in [1.807, 2.05) is 103 Å². The number of benzene rings is 5. The topological polar surface area (TPSA) is 116 Å². The Kier molecular flexibility index (Phi) is 9.87. The van der Waals surface area contributed by atoms with Crippen LogP contribution in [-0.2, 0) is 20.7 Å². The number of nitro benzene ring substituents is 1. The molecule has 0 fully saturated rings. The maximum absolute atomic E-state index is 13.8. The molecule has 0 aliphatic rings. The molecule has 0 bridgehead atoms. The van der Waals surface area contributed by atoms with Crippen molar-refractivity contribution in [2.45, 2.75) is 18.4 Å². The summed E-state index contributed by atoms with van der Waals surface area (Å²) in [5, 5.41) is 14.0. The first-order chi connectivity index (χ1) is 21.9. The molecule has 0 heterocycles. The molecule has 0 aliphatic heterocycles.